The number of allylic oxidation sites excluding steroid dienone is 1. The molecule has 0 heterocycles. The van der Waals surface area contributed by atoms with Gasteiger partial charge in [-0.3, -0.25) is 4.79 Å². The topological polar surface area (TPSA) is 38.3 Å². The van der Waals surface area contributed by atoms with Gasteiger partial charge in [0.2, 0.25) is 0 Å². The third-order valence-corrected chi connectivity index (χ3v) is 4.28. The highest BCUT2D eigenvalue weighted by Gasteiger charge is 2.15. The van der Waals surface area contributed by atoms with E-state index >= 15 is 0 Å². The van der Waals surface area contributed by atoms with E-state index in [1.807, 2.05) is 36.4 Å². The molecule has 0 unspecified atom stereocenters. The first-order chi connectivity index (χ1) is 11.2. The van der Waals surface area contributed by atoms with E-state index in [2.05, 4.69) is 17.5 Å². The number of hydrogen-bond donors (Lipinski definition) is 1. The molecular weight excluding hydrogens is 286 g/mol. The molecule has 0 spiro atoms. The van der Waals surface area contributed by atoms with Gasteiger partial charge in [0, 0.05) is 6.54 Å². The summed E-state index contributed by atoms with van der Waals surface area (Å²) in [5.41, 5.74) is 1.34. The Bertz CT molecular complexity index is 720. The molecule has 2 aromatic carbocycles. The first-order valence-electron chi connectivity index (χ1n) is 8.33. The van der Waals surface area contributed by atoms with Gasteiger partial charge < -0.3 is 10.1 Å². The Hall–Kier alpha value is -2.29. The van der Waals surface area contributed by atoms with Crippen LogP contribution >= 0.6 is 0 Å². The summed E-state index contributed by atoms with van der Waals surface area (Å²) in [4.78, 5) is 12.2. The summed E-state index contributed by atoms with van der Waals surface area (Å²) in [6, 6.07) is 14.0. The number of ether oxygens (including phenoxy) is 1. The number of hydrogen-bond acceptors (Lipinski definition) is 2. The maximum atomic E-state index is 12.2. The van der Waals surface area contributed by atoms with Gasteiger partial charge in [-0.1, -0.05) is 42.0 Å². The van der Waals surface area contributed by atoms with Crippen molar-refractivity contribution in [3.05, 3.63) is 54.1 Å². The molecule has 0 aromatic heterocycles. The van der Waals surface area contributed by atoms with Crippen LogP contribution in [0.25, 0.3) is 10.8 Å². The van der Waals surface area contributed by atoms with Crippen molar-refractivity contribution in [2.24, 2.45) is 0 Å². The van der Waals surface area contributed by atoms with Crippen molar-refractivity contribution in [3.8, 4) is 5.75 Å². The number of amides is 1. The summed E-state index contributed by atoms with van der Waals surface area (Å²) < 4.78 is 5.79. The molecule has 0 radical (unpaired) electrons. The minimum atomic E-state index is -0.500. The molecule has 0 saturated carbocycles. The summed E-state index contributed by atoms with van der Waals surface area (Å²) in [5.74, 6) is 0.660. The van der Waals surface area contributed by atoms with Crippen molar-refractivity contribution in [1.82, 2.24) is 5.32 Å². The van der Waals surface area contributed by atoms with E-state index in [1.54, 1.807) is 6.92 Å². The van der Waals surface area contributed by atoms with Gasteiger partial charge in [0.05, 0.1) is 0 Å². The average molecular weight is 309 g/mol. The second kappa shape index (κ2) is 7.32. The molecule has 0 fully saturated rings. The fraction of sp³-hybridized carbons (Fsp3) is 0.350. The number of benzene rings is 2. The molecule has 120 valence electrons. The second-order valence-electron chi connectivity index (χ2n) is 6.09. The van der Waals surface area contributed by atoms with Crippen molar-refractivity contribution in [2.75, 3.05) is 6.54 Å². The van der Waals surface area contributed by atoms with Gasteiger partial charge in [-0.05, 0) is 55.5 Å². The van der Waals surface area contributed by atoms with E-state index in [4.69, 9.17) is 4.74 Å². The van der Waals surface area contributed by atoms with Crippen LogP contribution in [0.15, 0.2) is 54.1 Å². The minimum absolute atomic E-state index is 0.0652. The van der Waals surface area contributed by atoms with Gasteiger partial charge in [-0.25, -0.2) is 0 Å². The number of nitrogens with one attached hydrogen (secondary N) is 1. The van der Waals surface area contributed by atoms with E-state index in [0.29, 0.717) is 6.54 Å². The maximum Gasteiger partial charge on any atom is 0.261 e. The number of fused-ring (bicyclic) bond motifs is 1. The van der Waals surface area contributed by atoms with Crippen molar-refractivity contribution in [2.45, 2.75) is 38.7 Å². The zero-order chi connectivity index (χ0) is 16.1. The maximum absolute atomic E-state index is 12.2. The predicted octanol–water partition coefficient (Wildman–Crippen LogP) is 4.22. The quantitative estimate of drug-likeness (QED) is 0.840. The highest BCUT2D eigenvalue weighted by atomic mass is 16.5. The molecule has 0 aliphatic heterocycles. The van der Waals surface area contributed by atoms with Gasteiger partial charge in [-0.15, -0.1) is 0 Å². The number of rotatable bonds is 5. The summed E-state index contributed by atoms with van der Waals surface area (Å²) >= 11 is 0. The predicted molar refractivity (Wildman–Crippen MR) is 93.6 cm³/mol. The number of carbonyl (C=O) groups is 1. The normalized spacial score (nSPS) is 15.8. The van der Waals surface area contributed by atoms with Gasteiger partial charge in [0.25, 0.3) is 5.91 Å². The highest BCUT2D eigenvalue weighted by Crippen LogP contribution is 2.21. The first-order valence-corrected chi connectivity index (χ1v) is 8.33. The fourth-order valence-corrected chi connectivity index (χ4v) is 2.91. The molecular formula is C20H23NO2. The van der Waals surface area contributed by atoms with Crippen LogP contribution < -0.4 is 10.1 Å². The lowest BCUT2D eigenvalue weighted by molar-refractivity contribution is -0.127. The molecule has 3 rings (SSSR count). The molecule has 2 aromatic rings. The first kappa shape index (κ1) is 15.6. The van der Waals surface area contributed by atoms with Crippen molar-refractivity contribution >= 4 is 16.7 Å². The van der Waals surface area contributed by atoms with Crippen LogP contribution in [-0.2, 0) is 4.79 Å². The Balaban J connectivity index is 1.57. The smallest absolute Gasteiger partial charge is 0.261 e. The van der Waals surface area contributed by atoms with Crippen LogP contribution in [0.5, 0.6) is 5.75 Å². The minimum Gasteiger partial charge on any atom is -0.481 e. The molecule has 1 amide bonds. The second-order valence-corrected chi connectivity index (χ2v) is 6.09. The molecule has 3 heteroatoms. The van der Waals surface area contributed by atoms with Gasteiger partial charge >= 0.3 is 0 Å². The summed E-state index contributed by atoms with van der Waals surface area (Å²) in [6.07, 6.45) is 6.47. The van der Waals surface area contributed by atoms with Crippen LogP contribution in [0, 0.1) is 0 Å². The third-order valence-electron chi connectivity index (χ3n) is 4.28. The number of carbonyl (C=O) groups excluding carboxylic acids is 1. The molecule has 1 atom stereocenters. The summed E-state index contributed by atoms with van der Waals surface area (Å²) in [7, 11) is 0. The van der Waals surface area contributed by atoms with Gasteiger partial charge in [0.15, 0.2) is 6.10 Å². The molecule has 23 heavy (non-hydrogen) atoms. The SMILES string of the molecule is C[C@H](Oc1ccc2ccccc2c1)C(=O)NCC1=CCCCC1. The van der Waals surface area contributed by atoms with Crippen molar-refractivity contribution in [1.29, 1.82) is 0 Å². The van der Waals surface area contributed by atoms with Crippen LogP contribution in [0.1, 0.15) is 32.6 Å². The van der Waals surface area contributed by atoms with Crippen LogP contribution in [0.4, 0.5) is 0 Å². The molecule has 3 nitrogen and oxygen atoms in total. The molecule has 0 saturated heterocycles. The van der Waals surface area contributed by atoms with Crippen LogP contribution in [0.3, 0.4) is 0 Å². The summed E-state index contributed by atoms with van der Waals surface area (Å²) in [6.45, 7) is 2.43. The monoisotopic (exact) mass is 309 g/mol. The molecule has 1 N–H and O–H groups in total. The molecule has 1 aliphatic carbocycles. The average Bonchev–Trinajstić information content (AvgIpc) is 2.60. The fourth-order valence-electron chi connectivity index (χ4n) is 2.91. The highest BCUT2D eigenvalue weighted by molar-refractivity contribution is 5.84. The van der Waals surface area contributed by atoms with Crippen LogP contribution in [0.2, 0.25) is 0 Å². The van der Waals surface area contributed by atoms with Crippen LogP contribution in [-0.4, -0.2) is 18.6 Å². The Kier molecular flexibility index (Phi) is 4.96. The lowest BCUT2D eigenvalue weighted by Gasteiger charge is -2.17. The zero-order valence-corrected chi connectivity index (χ0v) is 13.5. The van der Waals surface area contributed by atoms with Gasteiger partial charge in [0.1, 0.15) is 5.75 Å². The Morgan fingerprint density at radius 3 is 2.78 bits per heavy atom. The van der Waals surface area contributed by atoms with E-state index in [0.717, 1.165) is 24.0 Å². The van der Waals surface area contributed by atoms with E-state index in [-0.39, 0.29) is 5.91 Å². The standard InChI is InChI=1S/C20H23NO2/c1-15(20(22)21-14-16-7-3-2-4-8-16)23-19-12-11-17-9-5-6-10-18(17)13-19/h5-7,9-13,15H,2-4,8,14H2,1H3,(H,21,22)/t15-/m0/s1. The van der Waals surface area contributed by atoms with Crippen molar-refractivity contribution in [3.63, 3.8) is 0 Å². The van der Waals surface area contributed by atoms with Crippen molar-refractivity contribution < 1.29 is 9.53 Å². The Morgan fingerprint density at radius 1 is 1.17 bits per heavy atom. The zero-order valence-electron chi connectivity index (χ0n) is 13.5. The Labute approximate surface area is 137 Å². The third kappa shape index (κ3) is 4.13. The van der Waals surface area contributed by atoms with E-state index in [9.17, 15) is 4.79 Å². The molecule has 0 bridgehead atoms. The largest absolute Gasteiger partial charge is 0.481 e. The summed E-state index contributed by atoms with van der Waals surface area (Å²) in [5, 5.41) is 5.26. The van der Waals surface area contributed by atoms with E-state index in [1.165, 1.54) is 23.8 Å². The lowest BCUT2D eigenvalue weighted by atomic mass is 10.00. The molecule has 1 aliphatic rings. The lowest BCUT2D eigenvalue weighted by Crippen LogP contribution is -2.37. The van der Waals surface area contributed by atoms with Gasteiger partial charge in [-0.2, -0.15) is 0 Å². The van der Waals surface area contributed by atoms with E-state index < -0.39 is 6.10 Å². The Morgan fingerprint density at radius 2 is 2.00 bits per heavy atom.